The Morgan fingerprint density at radius 1 is 1.47 bits per heavy atom. The van der Waals surface area contributed by atoms with Crippen molar-refractivity contribution in [2.45, 2.75) is 65.1 Å². The van der Waals surface area contributed by atoms with Crippen LogP contribution in [-0.4, -0.2) is 15.8 Å². The van der Waals surface area contributed by atoms with Gasteiger partial charge in [-0.25, -0.2) is 0 Å². The van der Waals surface area contributed by atoms with Crippen LogP contribution in [0.15, 0.2) is 12.3 Å². The SMILES string of the molecule is CCCn1nccc1CN[C@@H](C)C1CCCC1. The van der Waals surface area contributed by atoms with Gasteiger partial charge in [-0.15, -0.1) is 0 Å². The van der Waals surface area contributed by atoms with E-state index in [4.69, 9.17) is 0 Å². The molecule has 0 aromatic carbocycles. The van der Waals surface area contributed by atoms with Crippen LogP contribution in [0.25, 0.3) is 0 Å². The molecular formula is C14H25N3. The summed E-state index contributed by atoms with van der Waals surface area (Å²) in [6, 6.07) is 2.77. The maximum Gasteiger partial charge on any atom is 0.0522 e. The maximum absolute atomic E-state index is 4.36. The van der Waals surface area contributed by atoms with E-state index in [-0.39, 0.29) is 0 Å². The van der Waals surface area contributed by atoms with E-state index in [1.165, 1.54) is 31.4 Å². The fourth-order valence-corrected chi connectivity index (χ4v) is 2.81. The zero-order chi connectivity index (χ0) is 12.1. The third kappa shape index (κ3) is 3.32. The van der Waals surface area contributed by atoms with E-state index in [2.05, 4.69) is 35.0 Å². The largest absolute Gasteiger partial charge is 0.308 e. The Morgan fingerprint density at radius 3 is 2.94 bits per heavy atom. The molecule has 1 atom stereocenters. The number of nitrogens with zero attached hydrogens (tertiary/aromatic N) is 2. The summed E-state index contributed by atoms with van der Waals surface area (Å²) in [6.45, 7) is 6.51. The minimum Gasteiger partial charge on any atom is -0.308 e. The van der Waals surface area contributed by atoms with Crippen LogP contribution in [0.1, 0.15) is 51.6 Å². The van der Waals surface area contributed by atoms with E-state index in [0.717, 1.165) is 25.4 Å². The molecule has 0 radical (unpaired) electrons. The lowest BCUT2D eigenvalue weighted by molar-refractivity contribution is 0.374. The van der Waals surface area contributed by atoms with Crippen molar-refractivity contribution in [2.75, 3.05) is 0 Å². The first-order valence-electron chi connectivity index (χ1n) is 7.05. The van der Waals surface area contributed by atoms with Crippen LogP contribution in [0.2, 0.25) is 0 Å². The highest BCUT2D eigenvalue weighted by atomic mass is 15.3. The molecule has 17 heavy (non-hydrogen) atoms. The van der Waals surface area contributed by atoms with Crippen LogP contribution >= 0.6 is 0 Å². The Labute approximate surface area is 105 Å². The van der Waals surface area contributed by atoms with Gasteiger partial charge in [-0.1, -0.05) is 19.8 Å². The minimum atomic E-state index is 0.641. The summed E-state index contributed by atoms with van der Waals surface area (Å²) in [5, 5.41) is 8.02. The number of nitrogens with one attached hydrogen (secondary N) is 1. The van der Waals surface area contributed by atoms with Crippen molar-refractivity contribution in [3.63, 3.8) is 0 Å². The molecule has 3 nitrogen and oxygen atoms in total. The Hall–Kier alpha value is -0.830. The molecule has 96 valence electrons. The standard InChI is InChI=1S/C14H25N3/c1-3-10-17-14(8-9-16-17)11-15-12(2)13-6-4-5-7-13/h8-9,12-13,15H,3-7,10-11H2,1-2H3/t12-/m0/s1. The molecule has 1 heterocycles. The lowest BCUT2D eigenvalue weighted by Gasteiger charge is -2.20. The maximum atomic E-state index is 4.36. The topological polar surface area (TPSA) is 29.9 Å². The summed E-state index contributed by atoms with van der Waals surface area (Å²) < 4.78 is 2.12. The van der Waals surface area contributed by atoms with Crippen LogP contribution in [0.3, 0.4) is 0 Å². The molecule has 1 aromatic heterocycles. The van der Waals surface area contributed by atoms with Crippen LogP contribution in [0.5, 0.6) is 0 Å². The van der Waals surface area contributed by atoms with Gasteiger partial charge in [0.2, 0.25) is 0 Å². The fourth-order valence-electron chi connectivity index (χ4n) is 2.81. The van der Waals surface area contributed by atoms with Gasteiger partial charge in [0, 0.05) is 25.3 Å². The number of hydrogen-bond donors (Lipinski definition) is 1. The Bertz CT molecular complexity index is 326. The normalized spacial score (nSPS) is 18.7. The zero-order valence-electron chi connectivity index (χ0n) is 11.2. The summed E-state index contributed by atoms with van der Waals surface area (Å²) in [5.41, 5.74) is 1.32. The second-order valence-electron chi connectivity index (χ2n) is 5.26. The third-order valence-electron chi connectivity index (χ3n) is 3.95. The number of hydrogen-bond acceptors (Lipinski definition) is 2. The number of rotatable bonds is 6. The van der Waals surface area contributed by atoms with Crippen molar-refractivity contribution < 1.29 is 0 Å². The van der Waals surface area contributed by atoms with Crippen LogP contribution in [0, 0.1) is 5.92 Å². The number of aromatic nitrogens is 2. The predicted molar refractivity (Wildman–Crippen MR) is 70.8 cm³/mol. The summed E-state index contributed by atoms with van der Waals surface area (Å²) in [4.78, 5) is 0. The van der Waals surface area contributed by atoms with Gasteiger partial charge in [-0.2, -0.15) is 5.10 Å². The molecular weight excluding hydrogens is 210 g/mol. The van der Waals surface area contributed by atoms with Gasteiger partial charge in [0.1, 0.15) is 0 Å². The van der Waals surface area contributed by atoms with Crippen molar-refractivity contribution in [3.05, 3.63) is 18.0 Å². The molecule has 1 saturated carbocycles. The monoisotopic (exact) mass is 235 g/mol. The highest BCUT2D eigenvalue weighted by molar-refractivity contribution is 5.00. The van der Waals surface area contributed by atoms with Gasteiger partial charge >= 0.3 is 0 Å². The molecule has 3 heteroatoms. The molecule has 0 saturated heterocycles. The van der Waals surface area contributed by atoms with Crippen molar-refractivity contribution in [1.29, 1.82) is 0 Å². The van der Waals surface area contributed by atoms with Crippen molar-refractivity contribution in [1.82, 2.24) is 15.1 Å². The summed E-state index contributed by atoms with van der Waals surface area (Å²) in [5.74, 6) is 0.887. The molecule has 1 N–H and O–H groups in total. The molecule has 1 aliphatic rings. The van der Waals surface area contributed by atoms with Gasteiger partial charge in [-0.05, 0) is 38.2 Å². The molecule has 0 bridgehead atoms. The highest BCUT2D eigenvalue weighted by Gasteiger charge is 2.21. The third-order valence-corrected chi connectivity index (χ3v) is 3.95. The van der Waals surface area contributed by atoms with E-state index in [0.29, 0.717) is 6.04 Å². The van der Waals surface area contributed by atoms with E-state index in [9.17, 15) is 0 Å². The van der Waals surface area contributed by atoms with Gasteiger partial charge in [0.25, 0.3) is 0 Å². The average molecular weight is 235 g/mol. The van der Waals surface area contributed by atoms with Crippen molar-refractivity contribution in [2.24, 2.45) is 5.92 Å². The zero-order valence-corrected chi connectivity index (χ0v) is 11.2. The van der Waals surface area contributed by atoms with Gasteiger partial charge in [-0.3, -0.25) is 4.68 Å². The second kappa shape index (κ2) is 6.20. The van der Waals surface area contributed by atoms with Crippen molar-refractivity contribution >= 4 is 0 Å². The Kier molecular flexibility index (Phi) is 4.60. The summed E-state index contributed by atoms with van der Waals surface area (Å²) in [6.07, 6.45) is 8.71. The molecule has 0 unspecified atom stereocenters. The summed E-state index contributed by atoms with van der Waals surface area (Å²) >= 11 is 0. The predicted octanol–water partition coefficient (Wildman–Crippen LogP) is 2.96. The fraction of sp³-hybridized carbons (Fsp3) is 0.786. The first-order chi connectivity index (χ1) is 8.31. The van der Waals surface area contributed by atoms with Crippen molar-refractivity contribution in [3.8, 4) is 0 Å². The molecule has 0 aliphatic heterocycles. The smallest absolute Gasteiger partial charge is 0.0522 e. The van der Waals surface area contributed by atoms with Gasteiger partial charge in [0.15, 0.2) is 0 Å². The van der Waals surface area contributed by atoms with E-state index in [1.54, 1.807) is 0 Å². The van der Waals surface area contributed by atoms with Crippen LogP contribution < -0.4 is 5.32 Å². The van der Waals surface area contributed by atoms with E-state index in [1.807, 2.05) is 6.20 Å². The average Bonchev–Trinajstić information content (AvgIpc) is 2.97. The van der Waals surface area contributed by atoms with E-state index < -0.39 is 0 Å². The molecule has 0 spiro atoms. The second-order valence-corrected chi connectivity index (χ2v) is 5.26. The van der Waals surface area contributed by atoms with Crippen LogP contribution in [-0.2, 0) is 13.1 Å². The summed E-state index contributed by atoms with van der Waals surface area (Å²) in [7, 11) is 0. The molecule has 1 aromatic rings. The van der Waals surface area contributed by atoms with Gasteiger partial charge in [0.05, 0.1) is 5.69 Å². The number of aryl methyl sites for hydroxylation is 1. The van der Waals surface area contributed by atoms with Crippen LogP contribution in [0.4, 0.5) is 0 Å². The molecule has 2 rings (SSSR count). The highest BCUT2D eigenvalue weighted by Crippen LogP contribution is 2.27. The lowest BCUT2D eigenvalue weighted by atomic mass is 10.00. The molecule has 1 fully saturated rings. The first-order valence-corrected chi connectivity index (χ1v) is 7.05. The minimum absolute atomic E-state index is 0.641. The molecule has 0 amide bonds. The quantitative estimate of drug-likeness (QED) is 0.821. The van der Waals surface area contributed by atoms with Gasteiger partial charge < -0.3 is 5.32 Å². The Balaban J connectivity index is 1.81. The first kappa shape index (κ1) is 12.6. The Morgan fingerprint density at radius 2 is 2.24 bits per heavy atom. The lowest BCUT2D eigenvalue weighted by Crippen LogP contribution is -2.32. The molecule has 1 aliphatic carbocycles. The van der Waals surface area contributed by atoms with E-state index >= 15 is 0 Å².